The second-order valence-electron chi connectivity index (χ2n) is 5.62. The van der Waals surface area contributed by atoms with Gasteiger partial charge in [0.25, 0.3) is 5.91 Å². The Morgan fingerprint density at radius 1 is 1.12 bits per heavy atom. The van der Waals surface area contributed by atoms with Crippen molar-refractivity contribution in [2.24, 2.45) is 0 Å². The second kappa shape index (κ2) is 7.49. The van der Waals surface area contributed by atoms with Crippen molar-refractivity contribution in [3.8, 4) is 5.75 Å². The molecule has 1 aliphatic heterocycles. The van der Waals surface area contributed by atoms with E-state index in [1.54, 1.807) is 0 Å². The highest BCUT2D eigenvalue weighted by molar-refractivity contribution is 7.80. The lowest BCUT2D eigenvalue weighted by Gasteiger charge is -2.17. The van der Waals surface area contributed by atoms with Crippen molar-refractivity contribution in [2.45, 2.75) is 20.3 Å². The molecular weight excluding hydrogens is 332 g/mol. The van der Waals surface area contributed by atoms with E-state index in [0.717, 1.165) is 12.0 Å². The Kier molecular flexibility index (Phi) is 5.14. The first-order valence-electron chi connectivity index (χ1n) is 8.32. The van der Waals surface area contributed by atoms with Gasteiger partial charge in [-0.25, -0.2) is 4.90 Å². The van der Waals surface area contributed by atoms with Gasteiger partial charge >= 0.3 is 0 Å². The molecular formula is C20H20N2O2S. The number of hydrogen-bond donors (Lipinski definition) is 1. The predicted molar refractivity (Wildman–Crippen MR) is 105 cm³/mol. The fourth-order valence-corrected chi connectivity index (χ4v) is 2.98. The van der Waals surface area contributed by atoms with E-state index in [9.17, 15) is 4.79 Å². The van der Waals surface area contributed by atoms with Crippen molar-refractivity contribution >= 4 is 35.0 Å². The average Bonchev–Trinajstić information content (AvgIpc) is 2.90. The first kappa shape index (κ1) is 17.2. The third-order valence-electron chi connectivity index (χ3n) is 3.98. The van der Waals surface area contributed by atoms with Crippen LogP contribution in [0, 0.1) is 0 Å². The summed E-state index contributed by atoms with van der Waals surface area (Å²) in [5, 5.41) is 3.37. The molecule has 1 amide bonds. The van der Waals surface area contributed by atoms with Crippen LogP contribution in [-0.2, 0) is 11.2 Å². The van der Waals surface area contributed by atoms with Crippen LogP contribution in [0.15, 0.2) is 54.2 Å². The maximum Gasteiger partial charge on any atom is 0.281 e. The minimum absolute atomic E-state index is 0.184. The maximum absolute atomic E-state index is 12.9. The van der Waals surface area contributed by atoms with E-state index >= 15 is 0 Å². The molecule has 2 aromatic carbocycles. The number of carbonyl (C=O) groups is 1. The zero-order valence-corrected chi connectivity index (χ0v) is 15.1. The number of para-hydroxylation sites is 2. The summed E-state index contributed by atoms with van der Waals surface area (Å²) in [6.45, 7) is 4.54. The van der Waals surface area contributed by atoms with E-state index in [4.69, 9.17) is 17.0 Å². The second-order valence-corrected chi connectivity index (χ2v) is 6.01. The van der Waals surface area contributed by atoms with Gasteiger partial charge in [-0.1, -0.05) is 43.3 Å². The smallest absolute Gasteiger partial charge is 0.281 e. The quantitative estimate of drug-likeness (QED) is 0.654. The van der Waals surface area contributed by atoms with Crippen molar-refractivity contribution in [3.05, 3.63) is 65.4 Å². The van der Waals surface area contributed by atoms with Gasteiger partial charge in [0, 0.05) is 0 Å². The number of ether oxygens (including phenoxy) is 1. The molecule has 25 heavy (non-hydrogen) atoms. The van der Waals surface area contributed by atoms with Crippen LogP contribution in [-0.4, -0.2) is 17.6 Å². The molecule has 0 spiro atoms. The lowest BCUT2D eigenvalue weighted by molar-refractivity contribution is -0.113. The largest absolute Gasteiger partial charge is 0.492 e. The van der Waals surface area contributed by atoms with Gasteiger partial charge in [-0.15, -0.1) is 0 Å². The van der Waals surface area contributed by atoms with Crippen LogP contribution in [0.1, 0.15) is 25.0 Å². The highest BCUT2D eigenvalue weighted by atomic mass is 32.1. The SMILES string of the molecule is CCOc1ccccc1N1C(=O)/C(=C\c2ccc(CC)cc2)NC1=S. The van der Waals surface area contributed by atoms with Gasteiger partial charge in [0.15, 0.2) is 5.11 Å². The third kappa shape index (κ3) is 3.56. The summed E-state index contributed by atoms with van der Waals surface area (Å²) in [6.07, 6.45) is 2.80. The van der Waals surface area contributed by atoms with Gasteiger partial charge in [-0.3, -0.25) is 4.79 Å². The molecule has 0 unspecified atom stereocenters. The van der Waals surface area contributed by atoms with Crippen molar-refractivity contribution in [2.75, 3.05) is 11.5 Å². The van der Waals surface area contributed by atoms with E-state index in [1.807, 2.05) is 49.4 Å². The Hall–Kier alpha value is -2.66. The van der Waals surface area contributed by atoms with E-state index in [0.29, 0.717) is 28.9 Å². The zero-order chi connectivity index (χ0) is 17.8. The molecule has 0 aromatic heterocycles. The molecule has 1 aliphatic rings. The molecule has 0 aliphatic carbocycles. The van der Waals surface area contributed by atoms with Gasteiger partial charge in [0.05, 0.1) is 12.3 Å². The summed E-state index contributed by atoms with van der Waals surface area (Å²) in [7, 11) is 0. The summed E-state index contributed by atoms with van der Waals surface area (Å²) < 4.78 is 5.62. The van der Waals surface area contributed by atoms with Crippen LogP contribution < -0.4 is 15.0 Å². The summed E-state index contributed by atoms with van der Waals surface area (Å²) >= 11 is 5.37. The molecule has 0 radical (unpaired) electrons. The summed E-state index contributed by atoms with van der Waals surface area (Å²) in [4.78, 5) is 14.3. The molecule has 1 N–H and O–H groups in total. The Bertz CT molecular complexity index is 828. The molecule has 5 heteroatoms. The lowest BCUT2D eigenvalue weighted by Crippen LogP contribution is -2.30. The Morgan fingerprint density at radius 2 is 1.84 bits per heavy atom. The highest BCUT2D eigenvalue weighted by Crippen LogP contribution is 2.31. The molecule has 0 saturated carbocycles. The lowest BCUT2D eigenvalue weighted by atomic mass is 10.1. The van der Waals surface area contributed by atoms with Crippen LogP contribution in [0.25, 0.3) is 6.08 Å². The number of benzene rings is 2. The number of amides is 1. The highest BCUT2D eigenvalue weighted by Gasteiger charge is 2.33. The molecule has 1 heterocycles. The van der Waals surface area contributed by atoms with Gasteiger partial charge in [0.2, 0.25) is 0 Å². The van der Waals surface area contributed by atoms with E-state index in [-0.39, 0.29) is 5.91 Å². The topological polar surface area (TPSA) is 41.6 Å². The van der Waals surface area contributed by atoms with Gasteiger partial charge in [0.1, 0.15) is 11.4 Å². The summed E-state index contributed by atoms with van der Waals surface area (Å²) in [5.74, 6) is 0.452. The van der Waals surface area contributed by atoms with Crippen molar-refractivity contribution < 1.29 is 9.53 Å². The minimum atomic E-state index is -0.184. The monoisotopic (exact) mass is 352 g/mol. The molecule has 128 valence electrons. The van der Waals surface area contributed by atoms with Crippen LogP contribution in [0.5, 0.6) is 5.75 Å². The molecule has 3 rings (SSSR count). The maximum atomic E-state index is 12.9. The Morgan fingerprint density at radius 3 is 2.52 bits per heavy atom. The van der Waals surface area contributed by atoms with Gasteiger partial charge in [-0.05, 0) is 54.9 Å². The number of nitrogens with one attached hydrogen (secondary N) is 1. The van der Waals surface area contributed by atoms with E-state index in [2.05, 4.69) is 24.4 Å². The van der Waals surface area contributed by atoms with Crippen LogP contribution in [0.2, 0.25) is 0 Å². The van der Waals surface area contributed by atoms with Crippen molar-refractivity contribution in [3.63, 3.8) is 0 Å². The van der Waals surface area contributed by atoms with Crippen molar-refractivity contribution in [1.82, 2.24) is 5.32 Å². The number of thiocarbonyl (C=S) groups is 1. The van der Waals surface area contributed by atoms with Gasteiger partial charge < -0.3 is 10.1 Å². The molecule has 0 atom stereocenters. The average molecular weight is 352 g/mol. The fraction of sp³-hybridized carbons (Fsp3) is 0.200. The molecule has 2 aromatic rings. The fourth-order valence-electron chi connectivity index (χ4n) is 2.69. The number of hydrogen-bond acceptors (Lipinski definition) is 3. The van der Waals surface area contributed by atoms with Gasteiger partial charge in [-0.2, -0.15) is 0 Å². The summed E-state index contributed by atoms with van der Waals surface area (Å²) in [5.41, 5.74) is 3.32. The molecule has 1 fully saturated rings. The molecule has 4 nitrogen and oxygen atoms in total. The number of aryl methyl sites for hydroxylation is 1. The molecule has 1 saturated heterocycles. The first-order valence-corrected chi connectivity index (χ1v) is 8.72. The van der Waals surface area contributed by atoms with Crippen molar-refractivity contribution in [1.29, 1.82) is 0 Å². The number of rotatable bonds is 5. The Balaban J connectivity index is 1.91. The first-order chi connectivity index (χ1) is 12.1. The van der Waals surface area contributed by atoms with Crippen LogP contribution >= 0.6 is 12.2 Å². The normalized spacial score (nSPS) is 15.6. The predicted octanol–water partition coefficient (Wildman–Crippen LogP) is 3.91. The number of carbonyl (C=O) groups excluding carboxylic acids is 1. The molecule has 0 bridgehead atoms. The van der Waals surface area contributed by atoms with Crippen LogP contribution in [0.3, 0.4) is 0 Å². The number of anilines is 1. The number of nitrogens with zero attached hydrogens (tertiary/aromatic N) is 1. The minimum Gasteiger partial charge on any atom is -0.492 e. The Labute approximate surface area is 153 Å². The standard InChI is InChI=1S/C20H20N2O2S/c1-3-14-9-11-15(12-10-14)13-16-19(23)22(20(25)21-16)17-7-5-6-8-18(17)24-4-2/h5-13H,3-4H2,1-2H3,(H,21,25)/b16-13+. The summed E-state index contributed by atoms with van der Waals surface area (Å²) in [6, 6.07) is 15.5. The zero-order valence-electron chi connectivity index (χ0n) is 14.3. The van der Waals surface area contributed by atoms with E-state index in [1.165, 1.54) is 10.5 Å². The van der Waals surface area contributed by atoms with Crippen LogP contribution in [0.4, 0.5) is 5.69 Å². The van der Waals surface area contributed by atoms with E-state index < -0.39 is 0 Å². The third-order valence-corrected chi connectivity index (χ3v) is 4.27.